The molecule has 0 bridgehead atoms. The minimum Gasteiger partial charge on any atom is -0.508 e. The van der Waals surface area contributed by atoms with Gasteiger partial charge in [-0.1, -0.05) is 32.9 Å². The van der Waals surface area contributed by atoms with Crippen molar-refractivity contribution in [2.75, 3.05) is 13.2 Å². The van der Waals surface area contributed by atoms with Gasteiger partial charge in [0.25, 0.3) is 0 Å². The lowest BCUT2D eigenvalue weighted by atomic mass is 9.74. The molecule has 0 aliphatic carbocycles. The van der Waals surface area contributed by atoms with Crippen molar-refractivity contribution in [2.24, 2.45) is 5.41 Å². The van der Waals surface area contributed by atoms with E-state index in [1.165, 1.54) is 12.1 Å². The molecule has 0 heterocycles. The summed E-state index contributed by atoms with van der Waals surface area (Å²) in [6.45, 7) is 4.52. The fourth-order valence-electron chi connectivity index (χ4n) is 2.43. The van der Waals surface area contributed by atoms with E-state index in [2.05, 4.69) is 0 Å². The minimum absolute atomic E-state index is 0.0105. The van der Waals surface area contributed by atoms with Crippen LogP contribution < -0.4 is 0 Å². The molecule has 1 aromatic carbocycles. The van der Waals surface area contributed by atoms with Gasteiger partial charge >= 0.3 is 5.97 Å². The Morgan fingerprint density at radius 2 is 1.56 bits per heavy atom. The highest BCUT2D eigenvalue weighted by atomic mass is 32.2. The summed E-state index contributed by atoms with van der Waals surface area (Å²) < 4.78 is 5.18. The number of aliphatic hydroxyl groups excluding tert-OH is 4. The number of hydrogen-bond donors (Lipinski definition) is 6. The zero-order valence-electron chi connectivity index (χ0n) is 14.7. The smallest absolute Gasteiger partial charge is 0.316 e. The Kier molecular flexibility index (Phi) is 8.17. The van der Waals surface area contributed by atoms with Crippen molar-refractivity contribution in [1.82, 2.24) is 0 Å². The maximum atomic E-state index is 12.4. The van der Waals surface area contributed by atoms with Crippen LogP contribution in [0.2, 0.25) is 0 Å². The normalized spacial score (nSPS) is 17.5. The molecule has 0 fully saturated rings. The number of aliphatic hydroxyl groups is 4. The number of phenolic OH excluding ortho intramolecular Hbond substituents is 1. The predicted octanol–water partition coefficient (Wildman–Crippen LogP) is 0.993. The largest absolute Gasteiger partial charge is 0.508 e. The molecule has 1 aromatic rings. The number of carbonyl (C=O) groups excluding carboxylic acids is 1. The summed E-state index contributed by atoms with van der Waals surface area (Å²) in [5.41, 5.74) is -2.30. The Bertz CT molecular complexity index is 531. The number of benzene rings is 1. The molecule has 0 amide bonds. The molecule has 3 unspecified atom stereocenters. The van der Waals surface area contributed by atoms with Gasteiger partial charge in [0.1, 0.15) is 16.6 Å². The van der Waals surface area contributed by atoms with Crippen molar-refractivity contribution < 1.29 is 34.5 Å². The molecule has 7 nitrogen and oxygen atoms in total. The third kappa shape index (κ3) is 6.48. The molecule has 0 spiro atoms. The van der Waals surface area contributed by atoms with Crippen LogP contribution in [0.4, 0.5) is 0 Å². The van der Waals surface area contributed by atoms with E-state index in [-0.39, 0.29) is 23.5 Å². The number of hydrogen-bond acceptors (Lipinski definition) is 7. The molecule has 8 heteroatoms. The zero-order valence-corrected chi connectivity index (χ0v) is 15.6. The van der Waals surface area contributed by atoms with Crippen LogP contribution in [0.25, 0.3) is 0 Å². The summed E-state index contributed by atoms with van der Waals surface area (Å²) in [5, 5.41) is 46.9. The first-order valence-electron chi connectivity index (χ1n) is 7.96. The van der Waals surface area contributed by atoms with E-state index >= 15 is 0 Å². The third-order valence-electron chi connectivity index (χ3n) is 3.83. The summed E-state index contributed by atoms with van der Waals surface area (Å²) in [6, 6.07) is 6.54. The van der Waals surface area contributed by atoms with E-state index in [0.717, 1.165) is 5.56 Å². The molecule has 25 heavy (non-hydrogen) atoms. The first kappa shape index (κ1) is 21.7. The van der Waals surface area contributed by atoms with Gasteiger partial charge in [-0.15, -0.1) is 0 Å². The number of carbonyl (C=O) groups is 1. The fraction of sp³-hybridized carbons (Fsp3) is 0.588. The number of thiol groups is 1. The Morgan fingerprint density at radius 3 is 1.96 bits per heavy atom. The maximum absolute atomic E-state index is 12.4. The molecular weight excluding hydrogens is 348 g/mol. The summed E-state index contributed by atoms with van der Waals surface area (Å²) in [7, 11) is 0. The molecule has 0 aliphatic heterocycles. The summed E-state index contributed by atoms with van der Waals surface area (Å²) in [4.78, 5) is 12.4. The van der Waals surface area contributed by atoms with Gasteiger partial charge in [0.2, 0.25) is 0 Å². The molecule has 0 aliphatic rings. The van der Waals surface area contributed by atoms with Crippen molar-refractivity contribution in [3.8, 4) is 5.75 Å². The van der Waals surface area contributed by atoms with Crippen molar-refractivity contribution in [2.45, 2.75) is 44.0 Å². The standard InChI is InChI=1S/C17H28O7S/c1-17(2,3)13(11-4-6-12(20)7-5-11)8-14(21)24-25(15(22)9-18)16(23)10-19/h4-7,13,15-16,18-20,22-23,25H,8-10H2,1-3H3. The topological polar surface area (TPSA) is 127 Å². The highest BCUT2D eigenvalue weighted by molar-refractivity contribution is 8.13. The molecule has 0 saturated carbocycles. The van der Waals surface area contributed by atoms with Gasteiger partial charge in [-0.05, 0) is 40.2 Å². The monoisotopic (exact) mass is 376 g/mol. The quantitative estimate of drug-likeness (QED) is 0.374. The van der Waals surface area contributed by atoms with E-state index < -0.39 is 41.2 Å². The van der Waals surface area contributed by atoms with Crippen molar-refractivity contribution in [3.63, 3.8) is 0 Å². The predicted molar refractivity (Wildman–Crippen MR) is 96.2 cm³/mol. The van der Waals surface area contributed by atoms with E-state index in [1.807, 2.05) is 20.8 Å². The Labute approximate surface area is 150 Å². The maximum Gasteiger partial charge on any atom is 0.316 e. The second-order valence-corrected chi connectivity index (χ2v) is 8.96. The molecule has 3 atom stereocenters. The van der Waals surface area contributed by atoms with E-state index in [0.29, 0.717) is 0 Å². The van der Waals surface area contributed by atoms with Gasteiger partial charge in [-0.25, -0.2) is 0 Å². The Morgan fingerprint density at radius 1 is 1.08 bits per heavy atom. The van der Waals surface area contributed by atoms with Gasteiger partial charge in [0.05, 0.1) is 19.6 Å². The molecule has 144 valence electrons. The highest BCUT2D eigenvalue weighted by Crippen LogP contribution is 2.41. The van der Waals surface area contributed by atoms with Crippen LogP contribution in [0.5, 0.6) is 5.75 Å². The summed E-state index contributed by atoms with van der Waals surface area (Å²) >= 11 is -2.14. The summed E-state index contributed by atoms with van der Waals surface area (Å²) in [6.07, 6.45) is -0.0105. The number of aromatic hydroxyl groups is 1. The molecule has 0 saturated heterocycles. The SMILES string of the molecule is CC(C)(C)C(CC(=O)O[SH](C(O)CO)C(O)CO)c1ccc(O)cc1. The van der Waals surface area contributed by atoms with Crippen LogP contribution in [0.1, 0.15) is 38.7 Å². The third-order valence-corrected chi connectivity index (χ3v) is 5.75. The van der Waals surface area contributed by atoms with Gasteiger partial charge in [-0.3, -0.25) is 4.79 Å². The van der Waals surface area contributed by atoms with Crippen molar-refractivity contribution in [1.29, 1.82) is 0 Å². The van der Waals surface area contributed by atoms with E-state index in [9.17, 15) is 20.1 Å². The van der Waals surface area contributed by atoms with Crippen LogP contribution in [-0.2, 0) is 8.98 Å². The Balaban J connectivity index is 2.93. The van der Waals surface area contributed by atoms with Crippen LogP contribution in [0.3, 0.4) is 0 Å². The van der Waals surface area contributed by atoms with Crippen LogP contribution in [-0.4, -0.2) is 55.6 Å². The molecule has 0 aromatic heterocycles. The molecule has 5 N–H and O–H groups in total. The first-order chi connectivity index (χ1) is 11.6. The molecular formula is C17H28O7S. The fourth-order valence-corrected chi connectivity index (χ4v) is 3.71. The average molecular weight is 376 g/mol. The van der Waals surface area contributed by atoms with Crippen LogP contribution in [0, 0.1) is 5.41 Å². The number of rotatable bonds is 8. The lowest BCUT2D eigenvalue weighted by Gasteiger charge is -2.33. The second kappa shape index (κ2) is 9.40. The minimum atomic E-state index is -2.14. The van der Waals surface area contributed by atoms with E-state index in [1.54, 1.807) is 12.1 Å². The lowest BCUT2D eigenvalue weighted by molar-refractivity contribution is -0.134. The zero-order chi connectivity index (χ0) is 19.2. The van der Waals surface area contributed by atoms with Gasteiger partial charge in [-0.2, -0.15) is 0 Å². The van der Waals surface area contributed by atoms with Gasteiger partial charge in [0.15, 0.2) is 0 Å². The molecule has 1 rings (SSSR count). The Hall–Kier alpha value is -1.32. The average Bonchev–Trinajstić information content (AvgIpc) is 2.56. The van der Waals surface area contributed by atoms with Crippen LogP contribution in [0.15, 0.2) is 24.3 Å². The van der Waals surface area contributed by atoms with Crippen molar-refractivity contribution >= 4 is 17.1 Å². The van der Waals surface area contributed by atoms with Crippen molar-refractivity contribution in [3.05, 3.63) is 29.8 Å². The summed E-state index contributed by atoms with van der Waals surface area (Å²) in [5.74, 6) is -0.742. The van der Waals surface area contributed by atoms with E-state index in [4.69, 9.17) is 14.4 Å². The lowest BCUT2D eigenvalue weighted by Crippen LogP contribution is -2.28. The highest BCUT2D eigenvalue weighted by Gasteiger charge is 2.32. The number of phenols is 1. The van der Waals surface area contributed by atoms with Gasteiger partial charge < -0.3 is 29.7 Å². The second-order valence-electron chi connectivity index (χ2n) is 6.86. The van der Waals surface area contributed by atoms with Crippen LogP contribution >= 0.6 is 11.2 Å². The first-order valence-corrected chi connectivity index (χ1v) is 9.35. The molecule has 0 radical (unpaired) electrons. The van der Waals surface area contributed by atoms with Gasteiger partial charge in [0, 0.05) is 0 Å².